The molecule has 0 bridgehead atoms. The average Bonchev–Trinajstić information content (AvgIpc) is 2.47. The summed E-state index contributed by atoms with van der Waals surface area (Å²) in [5, 5.41) is 8.82. The lowest BCUT2D eigenvalue weighted by Crippen LogP contribution is -2.36. The third-order valence-electron chi connectivity index (χ3n) is 3.58. The molecule has 0 aliphatic heterocycles. The highest BCUT2D eigenvalue weighted by molar-refractivity contribution is 7.90. The summed E-state index contributed by atoms with van der Waals surface area (Å²) in [4.78, 5) is 11.9. The van der Waals surface area contributed by atoms with E-state index >= 15 is 0 Å². The normalized spacial score (nSPS) is 16.2. The van der Waals surface area contributed by atoms with E-state index in [4.69, 9.17) is 16.9 Å². The Bertz CT molecular complexity index is 689. The van der Waals surface area contributed by atoms with Crippen molar-refractivity contribution >= 4 is 27.5 Å². The Morgan fingerprint density at radius 1 is 1.29 bits per heavy atom. The lowest BCUT2D eigenvalue weighted by molar-refractivity contribution is -0.124. The molecule has 1 aromatic rings. The quantitative estimate of drug-likeness (QED) is 0.924. The molecule has 0 spiro atoms. The van der Waals surface area contributed by atoms with Gasteiger partial charge in [-0.15, -0.1) is 0 Å². The van der Waals surface area contributed by atoms with Crippen LogP contribution in [0.1, 0.15) is 37.7 Å². The average molecular weight is 327 g/mol. The van der Waals surface area contributed by atoms with Crippen LogP contribution in [0, 0.1) is 17.2 Å². The molecule has 0 radical (unpaired) electrons. The fourth-order valence-electron chi connectivity index (χ4n) is 2.39. The van der Waals surface area contributed by atoms with Crippen molar-refractivity contribution in [2.75, 3.05) is 0 Å². The summed E-state index contributed by atoms with van der Waals surface area (Å²) in [7, 11) is -3.95. The van der Waals surface area contributed by atoms with Crippen molar-refractivity contribution in [2.45, 2.75) is 37.0 Å². The van der Waals surface area contributed by atoms with Crippen molar-refractivity contribution < 1.29 is 13.2 Å². The number of benzene rings is 1. The molecule has 2 rings (SSSR count). The van der Waals surface area contributed by atoms with Crippen molar-refractivity contribution in [2.24, 2.45) is 5.92 Å². The summed E-state index contributed by atoms with van der Waals surface area (Å²) in [5.41, 5.74) is 0.189. The standard InChI is InChI=1S/C14H15ClN2O3S/c15-13-8-12(7-6-11(13)9-16)21(19,20)17-14(18)10-4-2-1-3-5-10/h6-8,10H,1-5H2,(H,17,18). The van der Waals surface area contributed by atoms with E-state index in [9.17, 15) is 13.2 Å². The first-order valence-corrected chi connectivity index (χ1v) is 8.56. The molecule has 0 unspecified atom stereocenters. The molecule has 21 heavy (non-hydrogen) atoms. The van der Waals surface area contributed by atoms with E-state index in [2.05, 4.69) is 4.72 Å². The van der Waals surface area contributed by atoms with Gasteiger partial charge in [0, 0.05) is 5.92 Å². The number of sulfonamides is 1. The minimum atomic E-state index is -3.95. The molecule has 0 atom stereocenters. The molecule has 1 aliphatic carbocycles. The SMILES string of the molecule is N#Cc1ccc(S(=O)(=O)NC(=O)C2CCCCC2)cc1Cl. The molecule has 1 aromatic carbocycles. The van der Waals surface area contributed by atoms with E-state index in [0.29, 0.717) is 0 Å². The van der Waals surface area contributed by atoms with Crippen LogP contribution in [0.2, 0.25) is 5.02 Å². The molecule has 1 saturated carbocycles. The number of halogens is 1. The maximum Gasteiger partial charge on any atom is 0.264 e. The smallest absolute Gasteiger partial charge is 0.264 e. The number of nitrogens with one attached hydrogen (secondary N) is 1. The van der Waals surface area contributed by atoms with Gasteiger partial charge in [0.15, 0.2) is 0 Å². The molecule has 0 saturated heterocycles. The van der Waals surface area contributed by atoms with Crippen LogP contribution in [0.5, 0.6) is 0 Å². The minimum Gasteiger partial charge on any atom is -0.274 e. The van der Waals surface area contributed by atoms with Crippen LogP contribution in [0.4, 0.5) is 0 Å². The van der Waals surface area contributed by atoms with Gasteiger partial charge < -0.3 is 0 Å². The minimum absolute atomic E-state index is 0.0468. The van der Waals surface area contributed by atoms with Gasteiger partial charge in [0.1, 0.15) is 6.07 Å². The molecule has 1 amide bonds. The summed E-state index contributed by atoms with van der Waals surface area (Å²) < 4.78 is 26.4. The molecular weight excluding hydrogens is 312 g/mol. The van der Waals surface area contributed by atoms with Crippen molar-refractivity contribution in [1.29, 1.82) is 5.26 Å². The predicted octanol–water partition coefficient (Wildman–Crippen LogP) is 2.60. The highest BCUT2D eigenvalue weighted by atomic mass is 35.5. The fraction of sp³-hybridized carbons (Fsp3) is 0.429. The largest absolute Gasteiger partial charge is 0.274 e. The fourth-order valence-corrected chi connectivity index (χ4v) is 3.75. The van der Waals surface area contributed by atoms with E-state index in [-0.39, 0.29) is 21.4 Å². The predicted molar refractivity (Wildman–Crippen MR) is 78.1 cm³/mol. The monoisotopic (exact) mass is 326 g/mol. The van der Waals surface area contributed by atoms with Crippen LogP contribution in [0.3, 0.4) is 0 Å². The lowest BCUT2D eigenvalue weighted by atomic mass is 9.89. The van der Waals surface area contributed by atoms with Gasteiger partial charge in [-0.25, -0.2) is 13.1 Å². The molecule has 1 fully saturated rings. The summed E-state index contributed by atoms with van der Waals surface area (Å²) in [5.74, 6) is -0.711. The molecular formula is C14H15ClN2O3S. The zero-order chi connectivity index (χ0) is 15.5. The van der Waals surface area contributed by atoms with Crippen LogP contribution in [-0.2, 0) is 14.8 Å². The Morgan fingerprint density at radius 3 is 2.52 bits per heavy atom. The van der Waals surface area contributed by atoms with Crippen molar-refractivity contribution in [3.63, 3.8) is 0 Å². The summed E-state index contributed by atoms with van der Waals surface area (Å²) >= 11 is 5.82. The second kappa shape index (κ2) is 6.46. The third kappa shape index (κ3) is 3.74. The van der Waals surface area contributed by atoms with Crippen LogP contribution in [0.25, 0.3) is 0 Å². The van der Waals surface area contributed by atoms with Crippen LogP contribution in [-0.4, -0.2) is 14.3 Å². The number of carbonyl (C=O) groups is 1. The highest BCUT2D eigenvalue weighted by Gasteiger charge is 2.26. The Labute approximate surface area is 129 Å². The number of hydrogen-bond acceptors (Lipinski definition) is 4. The van der Waals surface area contributed by atoms with Crippen LogP contribution in [0.15, 0.2) is 23.1 Å². The van der Waals surface area contributed by atoms with Gasteiger partial charge in [-0.3, -0.25) is 4.79 Å². The molecule has 1 N–H and O–H groups in total. The second-order valence-electron chi connectivity index (χ2n) is 5.06. The lowest BCUT2D eigenvalue weighted by Gasteiger charge is -2.20. The van der Waals surface area contributed by atoms with Gasteiger partial charge >= 0.3 is 0 Å². The molecule has 0 aromatic heterocycles. The topological polar surface area (TPSA) is 87.0 Å². The maximum absolute atomic E-state index is 12.2. The zero-order valence-corrected chi connectivity index (χ0v) is 12.9. The number of nitriles is 1. The molecule has 7 heteroatoms. The number of amides is 1. The van der Waals surface area contributed by atoms with Crippen LogP contribution < -0.4 is 4.72 Å². The second-order valence-corrected chi connectivity index (χ2v) is 7.15. The van der Waals surface area contributed by atoms with E-state index in [1.54, 1.807) is 0 Å². The summed E-state index contributed by atoms with van der Waals surface area (Å²) in [6.07, 6.45) is 4.41. The van der Waals surface area contributed by atoms with Gasteiger partial charge in [0.05, 0.1) is 15.5 Å². The Kier molecular flexibility index (Phi) is 4.86. The Morgan fingerprint density at radius 2 is 1.95 bits per heavy atom. The van der Waals surface area contributed by atoms with Gasteiger partial charge in [0.2, 0.25) is 5.91 Å². The molecule has 1 aliphatic rings. The highest BCUT2D eigenvalue weighted by Crippen LogP contribution is 2.25. The summed E-state index contributed by atoms with van der Waals surface area (Å²) in [6, 6.07) is 5.62. The molecule has 5 nitrogen and oxygen atoms in total. The van der Waals surface area contributed by atoms with E-state index in [1.165, 1.54) is 18.2 Å². The molecule has 112 valence electrons. The maximum atomic E-state index is 12.2. The van der Waals surface area contributed by atoms with E-state index in [1.807, 2.05) is 6.07 Å². The third-order valence-corrected chi connectivity index (χ3v) is 5.24. The number of rotatable bonds is 3. The van der Waals surface area contributed by atoms with Crippen molar-refractivity contribution in [3.8, 4) is 6.07 Å². The Balaban J connectivity index is 2.16. The number of carbonyl (C=O) groups excluding carboxylic acids is 1. The first-order chi connectivity index (χ1) is 9.94. The first-order valence-electron chi connectivity index (χ1n) is 6.70. The first kappa shape index (κ1) is 15.8. The van der Waals surface area contributed by atoms with Crippen LogP contribution >= 0.6 is 11.6 Å². The van der Waals surface area contributed by atoms with E-state index < -0.39 is 15.9 Å². The van der Waals surface area contributed by atoms with Gasteiger partial charge in [-0.2, -0.15) is 5.26 Å². The van der Waals surface area contributed by atoms with Crippen molar-refractivity contribution in [1.82, 2.24) is 4.72 Å². The zero-order valence-electron chi connectivity index (χ0n) is 11.3. The number of nitrogens with zero attached hydrogens (tertiary/aromatic N) is 1. The Hall–Kier alpha value is -1.58. The van der Waals surface area contributed by atoms with Crippen molar-refractivity contribution in [3.05, 3.63) is 28.8 Å². The molecule has 0 heterocycles. The van der Waals surface area contributed by atoms with Gasteiger partial charge in [-0.05, 0) is 31.0 Å². The van der Waals surface area contributed by atoms with E-state index in [0.717, 1.165) is 32.1 Å². The summed E-state index contributed by atoms with van der Waals surface area (Å²) in [6.45, 7) is 0. The number of hydrogen-bond donors (Lipinski definition) is 1. The van der Waals surface area contributed by atoms with Gasteiger partial charge in [-0.1, -0.05) is 30.9 Å². The van der Waals surface area contributed by atoms with Gasteiger partial charge in [0.25, 0.3) is 10.0 Å².